The van der Waals surface area contributed by atoms with Crippen molar-refractivity contribution in [2.45, 2.75) is 25.4 Å². The van der Waals surface area contributed by atoms with Gasteiger partial charge in [-0.25, -0.2) is 0 Å². The van der Waals surface area contributed by atoms with Crippen LogP contribution in [0.25, 0.3) is 0 Å². The Balaban J connectivity index is 0.00000320. The maximum absolute atomic E-state index is 13.6. The summed E-state index contributed by atoms with van der Waals surface area (Å²) in [6.07, 6.45) is -0.277. The van der Waals surface area contributed by atoms with E-state index in [1.807, 2.05) is 67.5 Å². The van der Waals surface area contributed by atoms with Crippen molar-refractivity contribution < 1.29 is 19.1 Å². The van der Waals surface area contributed by atoms with E-state index in [1.165, 1.54) is 6.92 Å². The number of halogens is 1. The second-order valence-electron chi connectivity index (χ2n) is 7.54. The van der Waals surface area contributed by atoms with E-state index in [2.05, 4.69) is 0 Å². The Bertz CT molecular complexity index is 870. The van der Waals surface area contributed by atoms with Crippen molar-refractivity contribution in [3.8, 4) is 5.75 Å². The molecule has 1 amide bonds. The third-order valence-electron chi connectivity index (χ3n) is 5.20. The summed E-state index contributed by atoms with van der Waals surface area (Å²) in [7, 11) is 5.56. The predicted molar refractivity (Wildman–Crippen MR) is 120 cm³/mol. The number of nitrogens with zero attached hydrogens (tertiary/aromatic N) is 2. The Morgan fingerprint density at radius 1 is 1.13 bits per heavy atom. The highest BCUT2D eigenvalue weighted by atomic mass is 35.5. The molecule has 2 aromatic carbocycles. The zero-order valence-electron chi connectivity index (χ0n) is 17.8. The maximum Gasteiger partial charge on any atom is 0.303 e. The summed E-state index contributed by atoms with van der Waals surface area (Å²) in [4.78, 5) is 29.2. The van der Waals surface area contributed by atoms with Crippen LogP contribution < -0.4 is 9.64 Å². The van der Waals surface area contributed by atoms with Gasteiger partial charge in [-0.05, 0) is 49.8 Å². The van der Waals surface area contributed by atoms with Crippen molar-refractivity contribution in [1.82, 2.24) is 4.90 Å². The first-order valence-corrected chi connectivity index (χ1v) is 9.76. The highest BCUT2D eigenvalue weighted by molar-refractivity contribution is 5.99. The molecule has 0 radical (unpaired) electrons. The number of carbonyl (C=O) groups excluding carboxylic acids is 2. The first-order valence-electron chi connectivity index (χ1n) is 9.76. The molecule has 0 aromatic heterocycles. The summed E-state index contributed by atoms with van der Waals surface area (Å²) in [5, 5.41) is 0. The van der Waals surface area contributed by atoms with Crippen LogP contribution in [0, 0.1) is 0 Å². The second kappa shape index (κ2) is 10.5. The van der Waals surface area contributed by atoms with E-state index in [0.717, 1.165) is 22.6 Å². The van der Waals surface area contributed by atoms with Crippen molar-refractivity contribution in [2.24, 2.45) is 0 Å². The van der Waals surface area contributed by atoms with E-state index in [1.54, 1.807) is 12.0 Å². The molecule has 0 spiro atoms. The zero-order valence-corrected chi connectivity index (χ0v) is 18.6. The molecule has 1 heterocycles. The van der Waals surface area contributed by atoms with E-state index < -0.39 is 12.1 Å². The molecule has 2 unspecified atom stereocenters. The second-order valence-corrected chi connectivity index (χ2v) is 7.54. The number of hydrogen-bond acceptors (Lipinski definition) is 5. The Kier molecular flexibility index (Phi) is 8.26. The van der Waals surface area contributed by atoms with Crippen LogP contribution in [-0.4, -0.2) is 57.2 Å². The molecule has 1 aliphatic heterocycles. The van der Waals surface area contributed by atoms with Gasteiger partial charge in [-0.2, -0.15) is 0 Å². The molecule has 0 bridgehead atoms. The van der Waals surface area contributed by atoms with Gasteiger partial charge in [-0.1, -0.05) is 30.3 Å². The third-order valence-corrected chi connectivity index (χ3v) is 5.20. The Hall–Kier alpha value is -2.57. The fourth-order valence-corrected chi connectivity index (χ4v) is 3.72. The van der Waals surface area contributed by atoms with Gasteiger partial charge < -0.3 is 19.3 Å². The first kappa shape index (κ1) is 23.7. The van der Waals surface area contributed by atoms with Crippen LogP contribution >= 0.6 is 12.4 Å². The number of ether oxygens (including phenoxy) is 2. The smallest absolute Gasteiger partial charge is 0.303 e. The van der Waals surface area contributed by atoms with Crippen molar-refractivity contribution >= 4 is 30.0 Å². The van der Waals surface area contributed by atoms with E-state index >= 15 is 0 Å². The van der Waals surface area contributed by atoms with Gasteiger partial charge in [0.05, 0.1) is 7.11 Å². The van der Waals surface area contributed by atoms with E-state index in [-0.39, 0.29) is 24.2 Å². The van der Waals surface area contributed by atoms with Gasteiger partial charge in [-0.15, -0.1) is 12.4 Å². The van der Waals surface area contributed by atoms with Gasteiger partial charge in [0.2, 0.25) is 0 Å². The average molecular weight is 433 g/mol. The number of amides is 1. The van der Waals surface area contributed by atoms with E-state index in [9.17, 15) is 9.59 Å². The number of methoxy groups -OCH3 is 1. The number of likely N-dealkylation sites (N-methyl/N-ethyl adjacent to an activating group) is 1. The Labute approximate surface area is 184 Å². The van der Waals surface area contributed by atoms with Gasteiger partial charge in [0, 0.05) is 31.6 Å². The third kappa shape index (κ3) is 5.32. The lowest BCUT2D eigenvalue weighted by Crippen LogP contribution is -2.45. The minimum absolute atomic E-state index is 0. The molecule has 2 atom stereocenters. The monoisotopic (exact) mass is 432 g/mol. The van der Waals surface area contributed by atoms with Crippen molar-refractivity contribution in [3.05, 3.63) is 59.7 Å². The summed E-state index contributed by atoms with van der Waals surface area (Å²) < 4.78 is 10.9. The van der Waals surface area contributed by atoms with Crippen LogP contribution in [0.5, 0.6) is 5.75 Å². The van der Waals surface area contributed by atoms with Gasteiger partial charge in [0.15, 0.2) is 6.10 Å². The minimum atomic E-state index is -0.879. The lowest BCUT2D eigenvalue weighted by Gasteiger charge is -2.29. The van der Waals surface area contributed by atoms with Gasteiger partial charge in [0.25, 0.3) is 5.91 Å². The standard InChI is InChI=1S/C23H28N2O4.ClH/c1-16(26)29-22-20(17-9-11-19(28-4)12-10-17)15-18-7-5-6-8-21(18)25(23(22)27)14-13-24(2)3;/h5-12,20,22H,13-15H2,1-4H3;1H. The summed E-state index contributed by atoms with van der Waals surface area (Å²) >= 11 is 0. The summed E-state index contributed by atoms with van der Waals surface area (Å²) in [6.45, 7) is 2.58. The number of carbonyl (C=O) groups is 2. The Morgan fingerprint density at radius 3 is 2.40 bits per heavy atom. The molecular weight excluding hydrogens is 404 g/mol. The van der Waals surface area contributed by atoms with Crippen LogP contribution in [0.3, 0.4) is 0 Å². The summed E-state index contributed by atoms with van der Waals surface area (Å²) in [6, 6.07) is 15.5. The number of benzene rings is 2. The molecule has 0 saturated carbocycles. The lowest BCUT2D eigenvalue weighted by atomic mass is 9.87. The summed E-state index contributed by atoms with van der Waals surface area (Å²) in [5.74, 6) is -0.179. The fraction of sp³-hybridized carbons (Fsp3) is 0.391. The average Bonchev–Trinajstić information content (AvgIpc) is 2.81. The summed E-state index contributed by atoms with van der Waals surface area (Å²) in [5.41, 5.74) is 2.89. The molecule has 0 saturated heterocycles. The molecule has 162 valence electrons. The maximum atomic E-state index is 13.6. The minimum Gasteiger partial charge on any atom is -0.497 e. The fourth-order valence-electron chi connectivity index (χ4n) is 3.72. The van der Waals surface area contributed by atoms with Crippen LogP contribution in [0.1, 0.15) is 24.0 Å². The number of anilines is 1. The molecular formula is C23H29ClN2O4. The van der Waals surface area contributed by atoms with Crippen LogP contribution in [0.2, 0.25) is 0 Å². The molecule has 0 N–H and O–H groups in total. The van der Waals surface area contributed by atoms with E-state index in [0.29, 0.717) is 19.5 Å². The molecule has 0 fully saturated rings. The first-order chi connectivity index (χ1) is 13.9. The largest absolute Gasteiger partial charge is 0.497 e. The number of para-hydroxylation sites is 1. The van der Waals surface area contributed by atoms with Crippen molar-refractivity contribution in [3.63, 3.8) is 0 Å². The van der Waals surface area contributed by atoms with Crippen LogP contribution in [0.4, 0.5) is 5.69 Å². The normalized spacial score (nSPS) is 18.3. The van der Waals surface area contributed by atoms with Gasteiger partial charge >= 0.3 is 5.97 Å². The molecule has 3 rings (SSSR count). The van der Waals surface area contributed by atoms with Gasteiger partial charge in [-0.3, -0.25) is 9.59 Å². The van der Waals surface area contributed by atoms with Gasteiger partial charge in [0.1, 0.15) is 5.75 Å². The number of esters is 1. The molecule has 30 heavy (non-hydrogen) atoms. The number of fused-ring (bicyclic) bond motifs is 1. The quantitative estimate of drug-likeness (QED) is 0.655. The van der Waals surface area contributed by atoms with Crippen LogP contribution in [-0.2, 0) is 20.7 Å². The zero-order chi connectivity index (χ0) is 21.0. The van der Waals surface area contributed by atoms with Crippen molar-refractivity contribution in [1.29, 1.82) is 0 Å². The molecule has 1 aliphatic rings. The molecule has 0 aliphatic carbocycles. The predicted octanol–water partition coefficient (Wildman–Crippen LogP) is 3.28. The SMILES string of the molecule is COc1ccc(C2Cc3ccccc3N(CCN(C)C)C(=O)C2OC(C)=O)cc1.Cl. The molecule has 7 heteroatoms. The number of hydrogen-bond donors (Lipinski definition) is 0. The highest BCUT2D eigenvalue weighted by Gasteiger charge is 2.39. The van der Waals surface area contributed by atoms with E-state index in [4.69, 9.17) is 9.47 Å². The number of rotatable bonds is 6. The van der Waals surface area contributed by atoms with Crippen molar-refractivity contribution in [2.75, 3.05) is 39.2 Å². The van der Waals surface area contributed by atoms with Crippen LogP contribution in [0.15, 0.2) is 48.5 Å². The molecule has 2 aromatic rings. The Morgan fingerprint density at radius 2 is 1.80 bits per heavy atom. The molecule has 6 nitrogen and oxygen atoms in total. The highest BCUT2D eigenvalue weighted by Crippen LogP contribution is 2.36. The lowest BCUT2D eigenvalue weighted by molar-refractivity contribution is -0.154. The topological polar surface area (TPSA) is 59.1 Å².